The first-order valence-electron chi connectivity index (χ1n) is 7.68. The van der Waals surface area contributed by atoms with Crippen LogP contribution in [0.4, 0.5) is 4.39 Å². The molecular formula is C19H22FN. The summed E-state index contributed by atoms with van der Waals surface area (Å²) in [6.45, 7) is 5.98. The van der Waals surface area contributed by atoms with Crippen LogP contribution in [0.2, 0.25) is 0 Å². The first-order chi connectivity index (χ1) is 10.1. The van der Waals surface area contributed by atoms with Crippen molar-refractivity contribution in [3.8, 4) is 0 Å². The van der Waals surface area contributed by atoms with Crippen molar-refractivity contribution in [2.75, 3.05) is 13.1 Å². The molecule has 2 aromatic carbocycles. The number of piperidine rings is 1. The summed E-state index contributed by atoms with van der Waals surface area (Å²) in [5.41, 5.74) is 4.67. The molecule has 0 aromatic heterocycles. The lowest BCUT2D eigenvalue weighted by Gasteiger charge is -2.33. The van der Waals surface area contributed by atoms with E-state index in [1.807, 2.05) is 19.1 Å². The Kier molecular flexibility index (Phi) is 4.07. The third-order valence-corrected chi connectivity index (χ3v) is 4.60. The minimum absolute atomic E-state index is 0.112. The highest BCUT2D eigenvalue weighted by molar-refractivity contribution is 5.33. The maximum absolute atomic E-state index is 13.5. The summed E-state index contributed by atoms with van der Waals surface area (Å²) in [5, 5.41) is 3.50. The maximum atomic E-state index is 13.5. The lowest BCUT2D eigenvalue weighted by Crippen LogP contribution is -2.34. The van der Waals surface area contributed by atoms with Crippen LogP contribution in [0, 0.1) is 19.7 Å². The molecule has 2 aromatic rings. The van der Waals surface area contributed by atoms with E-state index in [4.69, 9.17) is 0 Å². The molecule has 0 saturated carbocycles. The summed E-state index contributed by atoms with van der Waals surface area (Å²) < 4.78 is 13.5. The molecule has 1 N–H and O–H groups in total. The van der Waals surface area contributed by atoms with Crippen molar-refractivity contribution in [3.63, 3.8) is 0 Å². The molecule has 0 bridgehead atoms. The first kappa shape index (κ1) is 14.3. The van der Waals surface area contributed by atoms with Gasteiger partial charge < -0.3 is 5.32 Å². The van der Waals surface area contributed by atoms with E-state index in [-0.39, 0.29) is 5.82 Å². The molecule has 1 heterocycles. The van der Waals surface area contributed by atoms with Crippen LogP contribution in [0.5, 0.6) is 0 Å². The maximum Gasteiger partial charge on any atom is 0.126 e. The van der Waals surface area contributed by atoms with Gasteiger partial charge in [-0.2, -0.15) is 0 Å². The number of benzene rings is 2. The van der Waals surface area contributed by atoms with Crippen molar-refractivity contribution in [1.82, 2.24) is 5.32 Å². The van der Waals surface area contributed by atoms with Crippen LogP contribution < -0.4 is 5.32 Å². The average molecular weight is 283 g/mol. The molecular weight excluding hydrogens is 261 g/mol. The molecule has 1 fully saturated rings. The number of rotatable bonds is 2. The Hall–Kier alpha value is -1.67. The van der Waals surface area contributed by atoms with Gasteiger partial charge in [-0.25, -0.2) is 4.39 Å². The Morgan fingerprint density at radius 3 is 2.38 bits per heavy atom. The van der Waals surface area contributed by atoms with E-state index in [9.17, 15) is 4.39 Å². The molecule has 0 spiro atoms. The number of hydrogen-bond donors (Lipinski definition) is 1. The van der Waals surface area contributed by atoms with Crippen LogP contribution in [0.15, 0.2) is 42.5 Å². The van der Waals surface area contributed by atoms with Crippen LogP contribution >= 0.6 is 0 Å². The predicted molar refractivity (Wildman–Crippen MR) is 85.3 cm³/mol. The summed E-state index contributed by atoms with van der Waals surface area (Å²) in [6.07, 6.45) is 1.10. The third kappa shape index (κ3) is 3.01. The van der Waals surface area contributed by atoms with Gasteiger partial charge in [-0.3, -0.25) is 0 Å². The van der Waals surface area contributed by atoms with Gasteiger partial charge in [-0.1, -0.05) is 42.0 Å². The van der Waals surface area contributed by atoms with E-state index >= 15 is 0 Å². The van der Waals surface area contributed by atoms with E-state index in [1.54, 1.807) is 6.07 Å². The smallest absolute Gasteiger partial charge is 0.126 e. The molecule has 110 valence electrons. The molecule has 0 amide bonds. The van der Waals surface area contributed by atoms with Crippen molar-refractivity contribution in [2.24, 2.45) is 0 Å². The van der Waals surface area contributed by atoms with E-state index < -0.39 is 0 Å². The number of hydrogen-bond acceptors (Lipinski definition) is 1. The summed E-state index contributed by atoms with van der Waals surface area (Å²) in [4.78, 5) is 0. The molecule has 1 aliphatic heterocycles. The van der Waals surface area contributed by atoms with Gasteiger partial charge in [-0.05, 0) is 55.5 Å². The summed E-state index contributed by atoms with van der Waals surface area (Å²) in [6, 6.07) is 14.4. The van der Waals surface area contributed by atoms with Gasteiger partial charge in [0.15, 0.2) is 0 Å². The molecule has 0 radical (unpaired) electrons. The van der Waals surface area contributed by atoms with Crippen LogP contribution in [-0.2, 0) is 0 Å². The van der Waals surface area contributed by atoms with Gasteiger partial charge in [-0.15, -0.1) is 0 Å². The second kappa shape index (κ2) is 5.98. The van der Waals surface area contributed by atoms with Gasteiger partial charge in [0.1, 0.15) is 5.82 Å². The Labute approximate surface area is 126 Å². The Bertz CT molecular complexity index is 618. The molecule has 1 saturated heterocycles. The highest BCUT2D eigenvalue weighted by atomic mass is 19.1. The van der Waals surface area contributed by atoms with Crippen molar-refractivity contribution >= 4 is 0 Å². The molecule has 21 heavy (non-hydrogen) atoms. The minimum Gasteiger partial charge on any atom is -0.316 e. The van der Waals surface area contributed by atoms with Crippen molar-refractivity contribution in [3.05, 3.63) is 70.5 Å². The summed E-state index contributed by atoms with van der Waals surface area (Å²) in [7, 11) is 0. The van der Waals surface area contributed by atoms with E-state index in [0.29, 0.717) is 11.8 Å². The van der Waals surface area contributed by atoms with E-state index in [2.05, 4.69) is 36.5 Å². The topological polar surface area (TPSA) is 12.0 Å². The highest BCUT2D eigenvalue weighted by Gasteiger charge is 2.27. The van der Waals surface area contributed by atoms with Crippen molar-refractivity contribution in [1.29, 1.82) is 0 Å². The SMILES string of the molecule is Cc1ccc(C2CNCCC2c2ccc(F)c(C)c2)cc1. The van der Waals surface area contributed by atoms with Crippen LogP contribution in [0.1, 0.15) is 40.5 Å². The van der Waals surface area contributed by atoms with Crippen molar-refractivity contribution in [2.45, 2.75) is 32.1 Å². The van der Waals surface area contributed by atoms with Crippen LogP contribution in [0.3, 0.4) is 0 Å². The fourth-order valence-electron chi connectivity index (χ4n) is 3.32. The van der Waals surface area contributed by atoms with Gasteiger partial charge in [0.25, 0.3) is 0 Å². The molecule has 3 rings (SSSR count). The van der Waals surface area contributed by atoms with E-state index in [0.717, 1.165) is 25.1 Å². The summed E-state index contributed by atoms with van der Waals surface area (Å²) >= 11 is 0. The lowest BCUT2D eigenvalue weighted by atomic mass is 9.77. The zero-order valence-electron chi connectivity index (χ0n) is 12.7. The van der Waals surface area contributed by atoms with Gasteiger partial charge in [0, 0.05) is 12.5 Å². The van der Waals surface area contributed by atoms with Crippen LogP contribution in [0.25, 0.3) is 0 Å². The van der Waals surface area contributed by atoms with Crippen LogP contribution in [-0.4, -0.2) is 13.1 Å². The number of nitrogens with one attached hydrogen (secondary N) is 1. The quantitative estimate of drug-likeness (QED) is 0.866. The highest BCUT2D eigenvalue weighted by Crippen LogP contribution is 2.37. The lowest BCUT2D eigenvalue weighted by molar-refractivity contribution is 0.403. The minimum atomic E-state index is -0.112. The fraction of sp³-hybridized carbons (Fsp3) is 0.368. The third-order valence-electron chi connectivity index (χ3n) is 4.60. The normalized spacial score (nSPS) is 22.2. The van der Waals surface area contributed by atoms with Gasteiger partial charge in [0.05, 0.1) is 0 Å². The molecule has 0 aliphatic carbocycles. The Balaban J connectivity index is 1.94. The molecule has 2 atom stereocenters. The first-order valence-corrected chi connectivity index (χ1v) is 7.68. The number of halogens is 1. The standard InChI is InChI=1S/C19H22FN/c1-13-3-5-15(6-4-13)18-12-21-10-9-17(18)16-7-8-19(20)14(2)11-16/h3-8,11,17-18,21H,9-10,12H2,1-2H3. The second-order valence-electron chi connectivity index (χ2n) is 6.13. The Morgan fingerprint density at radius 2 is 1.67 bits per heavy atom. The zero-order chi connectivity index (χ0) is 14.8. The fourth-order valence-corrected chi connectivity index (χ4v) is 3.32. The largest absolute Gasteiger partial charge is 0.316 e. The Morgan fingerprint density at radius 1 is 0.952 bits per heavy atom. The van der Waals surface area contributed by atoms with E-state index in [1.165, 1.54) is 16.7 Å². The molecule has 2 heteroatoms. The predicted octanol–water partition coefficient (Wildman–Crippen LogP) is 4.30. The average Bonchev–Trinajstić information content (AvgIpc) is 2.51. The van der Waals surface area contributed by atoms with Gasteiger partial charge in [0.2, 0.25) is 0 Å². The molecule has 2 unspecified atom stereocenters. The molecule has 1 aliphatic rings. The monoisotopic (exact) mass is 283 g/mol. The summed E-state index contributed by atoms with van der Waals surface area (Å²) in [5.74, 6) is 0.817. The second-order valence-corrected chi connectivity index (χ2v) is 6.13. The number of aryl methyl sites for hydroxylation is 2. The van der Waals surface area contributed by atoms with Crippen molar-refractivity contribution < 1.29 is 4.39 Å². The van der Waals surface area contributed by atoms with Gasteiger partial charge >= 0.3 is 0 Å². The molecule has 1 nitrogen and oxygen atoms in total. The zero-order valence-corrected chi connectivity index (χ0v) is 12.7.